The zero-order valence-electron chi connectivity index (χ0n) is 11.6. The van der Waals surface area contributed by atoms with Crippen LogP contribution in [-0.2, 0) is 0 Å². The Bertz CT molecular complexity index is 522. The minimum absolute atomic E-state index is 0.0208. The smallest absolute Gasteiger partial charge is 0.292 e. The Kier molecular flexibility index (Phi) is 3.25. The first-order valence-corrected chi connectivity index (χ1v) is 7.07. The predicted octanol–water partition coefficient (Wildman–Crippen LogP) is 1.90. The highest BCUT2D eigenvalue weighted by molar-refractivity contribution is 5.66. The van der Waals surface area contributed by atoms with Crippen molar-refractivity contribution in [2.75, 3.05) is 17.7 Å². The minimum Gasteiger partial charge on any atom is -0.393 e. The predicted molar refractivity (Wildman–Crippen MR) is 78.9 cm³/mol. The normalized spacial score (nSPS) is 28.4. The zero-order chi connectivity index (χ0) is 14.3. The molecule has 3 N–H and O–H groups in total. The molecule has 2 fully saturated rings. The molecule has 2 atom stereocenters. The SMILES string of the molecule is CN(c1ccc([N+](=O)[O-])c(N)c1)C1CC2CCC(C1)N2. The van der Waals surface area contributed by atoms with Gasteiger partial charge in [0.25, 0.3) is 5.69 Å². The van der Waals surface area contributed by atoms with Gasteiger partial charge >= 0.3 is 0 Å². The van der Waals surface area contributed by atoms with Gasteiger partial charge in [0.2, 0.25) is 0 Å². The molecule has 1 aromatic carbocycles. The second-order valence-electron chi connectivity index (χ2n) is 5.87. The summed E-state index contributed by atoms with van der Waals surface area (Å²) >= 11 is 0. The van der Waals surface area contributed by atoms with Crippen LogP contribution in [0.1, 0.15) is 25.7 Å². The quantitative estimate of drug-likeness (QED) is 0.500. The van der Waals surface area contributed by atoms with Gasteiger partial charge in [0.15, 0.2) is 0 Å². The molecule has 0 amide bonds. The molecule has 2 aliphatic rings. The van der Waals surface area contributed by atoms with Crippen LogP contribution in [-0.4, -0.2) is 30.1 Å². The second-order valence-corrected chi connectivity index (χ2v) is 5.87. The summed E-state index contributed by atoms with van der Waals surface area (Å²) in [4.78, 5) is 12.6. The number of nitrogens with zero attached hydrogens (tertiary/aromatic N) is 2. The summed E-state index contributed by atoms with van der Waals surface area (Å²) in [7, 11) is 2.05. The largest absolute Gasteiger partial charge is 0.393 e. The molecule has 3 rings (SSSR count). The lowest BCUT2D eigenvalue weighted by atomic mass is 9.98. The Morgan fingerprint density at radius 3 is 2.55 bits per heavy atom. The van der Waals surface area contributed by atoms with E-state index in [1.54, 1.807) is 12.1 Å². The molecule has 2 heterocycles. The first-order valence-electron chi connectivity index (χ1n) is 7.07. The molecular formula is C14H20N4O2. The third kappa shape index (κ3) is 2.31. The van der Waals surface area contributed by atoms with Crippen LogP contribution in [0.4, 0.5) is 17.1 Å². The lowest BCUT2D eigenvalue weighted by Crippen LogP contribution is -2.47. The van der Waals surface area contributed by atoms with E-state index in [0.29, 0.717) is 18.1 Å². The van der Waals surface area contributed by atoms with Crippen molar-refractivity contribution in [2.24, 2.45) is 0 Å². The fourth-order valence-corrected chi connectivity index (χ4v) is 3.48. The topological polar surface area (TPSA) is 84.4 Å². The summed E-state index contributed by atoms with van der Waals surface area (Å²) in [6.45, 7) is 0. The summed E-state index contributed by atoms with van der Waals surface area (Å²) in [5.41, 5.74) is 6.95. The van der Waals surface area contributed by atoms with E-state index >= 15 is 0 Å². The molecule has 0 aromatic heterocycles. The number of nitrogens with two attached hydrogens (primary N) is 1. The molecule has 6 heteroatoms. The van der Waals surface area contributed by atoms with Crippen LogP contribution >= 0.6 is 0 Å². The Balaban J connectivity index is 1.78. The lowest BCUT2D eigenvalue weighted by Gasteiger charge is -2.37. The lowest BCUT2D eigenvalue weighted by molar-refractivity contribution is -0.383. The van der Waals surface area contributed by atoms with E-state index in [1.807, 2.05) is 0 Å². The third-order valence-electron chi connectivity index (χ3n) is 4.61. The molecule has 108 valence electrons. The number of nitrogen functional groups attached to an aromatic ring is 1. The first-order chi connectivity index (χ1) is 9.54. The van der Waals surface area contributed by atoms with E-state index in [9.17, 15) is 10.1 Å². The summed E-state index contributed by atoms with van der Waals surface area (Å²) in [6, 6.07) is 6.72. The van der Waals surface area contributed by atoms with Crippen LogP contribution in [0, 0.1) is 10.1 Å². The van der Waals surface area contributed by atoms with Gasteiger partial charge in [-0.05, 0) is 37.8 Å². The van der Waals surface area contributed by atoms with Gasteiger partial charge < -0.3 is 16.0 Å². The van der Waals surface area contributed by atoms with Crippen molar-refractivity contribution in [3.63, 3.8) is 0 Å². The fraction of sp³-hybridized carbons (Fsp3) is 0.571. The number of hydrogen-bond acceptors (Lipinski definition) is 5. The summed E-state index contributed by atoms with van der Waals surface area (Å²) in [5, 5.41) is 14.4. The molecule has 0 aliphatic carbocycles. The van der Waals surface area contributed by atoms with Gasteiger partial charge in [0.05, 0.1) is 4.92 Å². The molecule has 0 radical (unpaired) electrons. The van der Waals surface area contributed by atoms with E-state index in [2.05, 4.69) is 17.3 Å². The van der Waals surface area contributed by atoms with Gasteiger partial charge in [0.1, 0.15) is 5.69 Å². The molecule has 0 saturated carbocycles. The molecule has 0 spiro atoms. The highest BCUT2D eigenvalue weighted by Crippen LogP contribution is 2.33. The highest BCUT2D eigenvalue weighted by atomic mass is 16.6. The maximum absolute atomic E-state index is 10.8. The molecular weight excluding hydrogens is 256 g/mol. The van der Waals surface area contributed by atoms with Crippen LogP contribution in [0.2, 0.25) is 0 Å². The van der Waals surface area contributed by atoms with Crippen LogP contribution in [0.15, 0.2) is 18.2 Å². The number of hydrogen-bond donors (Lipinski definition) is 2. The van der Waals surface area contributed by atoms with Crippen molar-refractivity contribution in [1.82, 2.24) is 5.32 Å². The monoisotopic (exact) mass is 276 g/mol. The van der Waals surface area contributed by atoms with Crippen molar-refractivity contribution < 1.29 is 4.92 Å². The number of benzene rings is 1. The number of nitrogens with one attached hydrogen (secondary N) is 1. The van der Waals surface area contributed by atoms with Crippen molar-refractivity contribution in [1.29, 1.82) is 0 Å². The van der Waals surface area contributed by atoms with Gasteiger partial charge in [0, 0.05) is 36.9 Å². The molecule has 2 bridgehead atoms. The number of anilines is 2. The summed E-state index contributed by atoms with van der Waals surface area (Å²) < 4.78 is 0. The van der Waals surface area contributed by atoms with Crippen LogP contribution < -0.4 is 16.0 Å². The Morgan fingerprint density at radius 2 is 2.00 bits per heavy atom. The number of rotatable bonds is 3. The van der Waals surface area contributed by atoms with Crippen LogP contribution in [0.5, 0.6) is 0 Å². The van der Waals surface area contributed by atoms with E-state index in [0.717, 1.165) is 18.5 Å². The van der Waals surface area contributed by atoms with Crippen LogP contribution in [0.25, 0.3) is 0 Å². The van der Waals surface area contributed by atoms with Crippen LogP contribution in [0.3, 0.4) is 0 Å². The summed E-state index contributed by atoms with van der Waals surface area (Å²) in [5.74, 6) is 0. The number of nitro groups is 1. The standard InChI is InChI=1S/C14H20N4O2/c1-17(12-6-9-2-3-10(7-12)16-9)11-4-5-14(18(19)20)13(15)8-11/h4-5,8-10,12,16H,2-3,6-7,15H2,1H3. The van der Waals surface area contributed by atoms with E-state index in [4.69, 9.17) is 5.73 Å². The average molecular weight is 276 g/mol. The summed E-state index contributed by atoms with van der Waals surface area (Å²) in [6.07, 6.45) is 4.78. The van der Waals surface area contributed by atoms with E-state index in [-0.39, 0.29) is 11.4 Å². The number of fused-ring (bicyclic) bond motifs is 2. The van der Waals surface area contributed by atoms with Gasteiger partial charge in [-0.3, -0.25) is 10.1 Å². The van der Waals surface area contributed by atoms with Crippen molar-refractivity contribution >= 4 is 17.1 Å². The fourth-order valence-electron chi connectivity index (χ4n) is 3.48. The third-order valence-corrected chi connectivity index (χ3v) is 4.61. The molecule has 2 unspecified atom stereocenters. The zero-order valence-corrected chi connectivity index (χ0v) is 11.6. The maximum Gasteiger partial charge on any atom is 0.292 e. The Labute approximate surface area is 118 Å². The number of piperidine rings is 1. The van der Waals surface area contributed by atoms with Gasteiger partial charge in [-0.25, -0.2) is 0 Å². The minimum atomic E-state index is -0.441. The first kappa shape index (κ1) is 13.2. The van der Waals surface area contributed by atoms with E-state index in [1.165, 1.54) is 18.9 Å². The second kappa shape index (κ2) is 4.94. The maximum atomic E-state index is 10.8. The van der Waals surface area contributed by atoms with Crippen molar-refractivity contribution in [3.8, 4) is 0 Å². The molecule has 20 heavy (non-hydrogen) atoms. The molecule has 6 nitrogen and oxygen atoms in total. The Morgan fingerprint density at radius 1 is 1.35 bits per heavy atom. The van der Waals surface area contributed by atoms with Gasteiger partial charge in [-0.15, -0.1) is 0 Å². The van der Waals surface area contributed by atoms with Crippen molar-refractivity contribution in [3.05, 3.63) is 28.3 Å². The van der Waals surface area contributed by atoms with E-state index < -0.39 is 4.92 Å². The van der Waals surface area contributed by atoms with Gasteiger partial charge in [-0.1, -0.05) is 0 Å². The molecule has 2 aliphatic heterocycles. The molecule has 2 saturated heterocycles. The van der Waals surface area contributed by atoms with Crippen molar-refractivity contribution in [2.45, 2.75) is 43.8 Å². The molecule has 1 aromatic rings. The Hall–Kier alpha value is -1.82. The number of nitro benzene ring substituents is 1. The highest BCUT2D eigenvalue weighted by Gasteiger charge is 2.35. The van der Waals surface area contributed by atoms with Gasteiger partial charge in [-0.2, -0.15) is 0 Å². The average Bonchev–Trinajstić information content (AvgIpc) is 2.76.